The molecule has 0 amide bonds. The fourth-order valence-electron chi connectivity index (χ4n) is 2.16. The molecule has 1 saturated heterocycles. The van der Waals surface area contributed by atoms with E-state index in [0.29, 0.717) is 31.0 Å². The predicted octanol–water partition coefficient (Wildman–Crippen LogP) is 0.205. The Balaban J connectivity index is 1.94. The highest BCUT2D eigenvalue weighted by Crippen LogP contribution is 2.14. The van der Waals surface area contributed by atoms with Gasteiger partial charge in [-0.2, -0.15) is 17.4 Å². The van der Waals surface area contributed by atoms with E-state index in [0.717, 1.165) is 0 Å². The summed E-state index contributed by atoms with van der Waals surface area (Å²) in [5, 5.41) is 8.59. The molecular formula is C14H20N2O6S. The third kappa shape index (κ3) is 5.47. The number of hydrogen-bond donors (Lipinski definition) is 2. The van der Waals surface area contributed by atoms with Gasteiger partial charge in [-0.1, -0.05) is 12.1 Å². The van der Waals surface area contributed by atoms with Gasteiger partial charge in [0.05, 0.1) is 12.7 Å². The normalized spacial score (nSPS) is 19.4. The van der Waals surface area contributed by atoms with Gasteiger partial charge in [0.25, 0.3) is 10.2 Å². The van der Waals surface area contributed by atoms with Gasteiger partial charge in [-0.3, -0.25) is 0 Å². The van der Waals surface area contributed by atoms with Gasteiger partial charge in [-0.25, -0.2) is 4.79 Å². The monoisotopic (exact) mass is 344 g/mol. The molecule has 0 aliphatic carbocycles. The molecule has 1 unspecified atom stereocenters. The maximum atomic E-state index is 12.3. The van der Waals surface area contributed by atoms with E-state index in [9.17, 15) is 13.2 Å². The highest BCUT2D eigenvalue weighted by atomic mass is 32.2. The molecule has 1 aromatic rings. The summed E-state index contributed by atoms with van der Waals surface area (Å²) in [6.45, 7) is 2.49. The van der Waals surface area contributed by atoms with Crippen molar-refractivity contribution >= 4 is 16.2 Å². The number of benzene rings is 1. The van der Waals surface area contributed by atoms with Crippen LogP contribution in [0.2, 0.25) is 0 Å². The van der Waals surface area contributed by atoms with E-state index in [1.807, 2.05) is 6.92 Å². The first kappa shape index (κ1) is 17.7. The van der Waals surface area contributed by atoms with Gasteiger partial charge in [0.2, 0.25) is 0 Å². The highest BCUT2D eigenvalue weighted by molar-refractivity contribution is 7.87. The smallest absolute Gasteiger partial charge is 0.341 e. The van der Waals surface area contributed by atoms with Crippen molar-refractivity contribution in [1.82, 2.24) is 9.03 Å². The second-order valence-electron chi connectivity index (χ2n) is 5.20. The number of morpholine rings is 1. The lowest BCUT2D eigenvalue weighted by atomic mass is 10.2. The van der Waals surface area contributed by atoms with Gasteiger partial charge in [0.15, 0.2) is 6.61 Å². The van der Waals surface area contributed by atoms with Crippen molar-refractivity contribution in [2.75, 3.05) is 26.3 Å². The first-order valence-corrected chi connectivity index (χ1v) is 8.61. The number of nitrogens with one attached hydrogen (secondary N) is 1. The van der Waals surface area contributed by atoms with Crippen LogP contribution in [-0.2, 0) is 26.3 Å². The average Bonchev–Trinajstić information content (AvgIpc) is 2.51. The Hall–Kier alpha value is -1.68. The Kier molecular flexibility index (Phi) is 5.94. The molecule has 0 aromatic heterocycles. The number of carboxylic acids is 1. The maximum absolute atomic E-state index is 12.3. The van der Waals surface area contributed by atoms with E-state index >= 15 is 0 Å². The third-order valence-electron chi connectivity index (χ3n) is 3.26. The molecule has 1 aromatic carbocycles. The SMILES string of the molecule is CC1CN(S(=O)(=O)NCc2cccc(OCC(=O)O)c2)CCO1. The molecule has 0 radical (unpaired) electrons. The van der Waals surface area contributed by atoms with Crippen molar-refractivity contribution in [2.24, 2.45) is 0 Å². The van der Waals surface area contributed by atoms with E-state index in [4.69, 9.17) is 14.6 Å². The summed E-state index contributed by atoms with van der Waals surface area (Å²) in [4.78, 5) is 10.5. The largest absolute Gasteiger partial charge is 0.482 e. The molecule has 2 rings (SSSR count). The van der Waals surface area contributed by atoms with Crippen LogP contribution in [0.3, 0.4) is 0 Å². The summed E-state index contributed by atoms with van der Waals surface area (Å²) in [7, 11) is -3.58. The van der Waals surface area contributed by atoms with Gasteiger partial charge in [0, 0.05) is 19.6 Å². The summed E-state index contributed by atoms with van der Waals surface area (Å²) in [6, 6.07) is 6.63. The van der Waals surface area contributed by atoms with Crippen molar-refractivity contribution < 1.29 is 27.8 Å². The van der Waals surface area contributed by atoms with Gasteiger partial charge >= 0.3 is 5.97 Å². The lowest BCUT2D eigenvalue weighted by molar-refractivity contribution is -0.139. The summed E-state index contributed by atoms with van der Waals surface area (Å²) in [5.41, 5.74) is 0.678. The Morgan fingerprint density at radius 2 is 2.30 bits per heavy atom. The second-order valence-corrected chi connectivity index (χ2v) is 6.95. The van der Waals surface area contributed by atoms with Crippen LogP contribution in [-0.4, -0.2) is 56.2 Å². The van der Waals surface area contributed by atoms with Gasteiger partial charge in [-0.05, 0) is 24.6 Å². The Bertz CT molecular complexity index is 648. The van der Waals surface area contributed by atoms with E-state index < -0.39 is 22.8 Å². The van der Waals surface area contributed by atoms with Crippen molar-refractivity contribution in [3.05, 3.63) is 29.8 Å². The highest BCUT2D eigenvalue weighted by Gasteiger charge is 2.27. The molecule has 2 N–H and O–H groups in total. The summed E-state index contributed by atoms with van der Waals surface area (Å²) >= 11 is 0. The molecule has 23 heavy (non-hydrogen) atoms. The number of aliphatic carboxylic acids is 1. The van der Waals surface area contributed by atoms with Crippen LogP contribution in [0.25, 0.3) is 0 Å². The standard InChI is InChI=1S/C14H20N2O6S/c1-11-9-16(5-6-21-11)23(19,20)15-8-12-3-2-4-13(7-12)22-10-14(17)18/h2-4,7,11,15H,5-6,8-10H2,1H3,(H,17,18). The van der Waals surface area contributed by atoms with Crippen molar-refractivity contribution in [3.63, 3.8) is 0 Å². The minimum atomic E-state index is -3.58. The molecule has 9 heteroatoms. The lowest BCUT2D eigenvalue weighted by Gasteiger charge is -2.30. The van der Waals surface area contributed by atoms with E-state index in [1.54, 1.807) is 24.3 Å². The number of nitrogens with zero attached hydrogens (tertiary/aromatic N) is 1. The molecule has 1 atom stereocenters. The van der Waals surface area contributed by atoms with E-state index in [1.165, 1.54) is 4.31 Å². The molecule has 0 spiro atoms. The zero-order chi connectivity index (χ0) is 16.9. The molecule has 8 nitrogen and oxygen atoms in total. The Morgan fingerprint density at radius 3 is 3.00 bits per heavy atom. The topological polar surface area (TPSA) is 105 Å². The average molecular weight is 344 g/mol. The molecule has 1 aliphatic heterocycles. The number of rotatable bonds is 7. The minimum absolute atomic E-state index is 0.0956. The first-order chi connectivity index (χ1) is 10.9. The van der Waals surface area contributed by atoms with Crippen molar-refractivity contribution in [1.29, 1.82) is 0 Å². The van der Waals surface area contributed by atoms with Gasteiger partial charge < -0.3 is 14.6 Å². The molecule has 0 saturated carbocycles. The Labute approximate surface area is 135 Å². The molecule has 1 fully saturated rings. The Morgan fingerprint density at radius 1 is 1.52 bits per heavy atom. The van der Waals surface area contributed by atoms with Crippen LogP contribution in [0.5, 0.6) is 5.75 Å². The lowest BCUT2D eigenvalue weighted by Crippen LogP contribution is -2.49. The quantitative estimate of drug-likeness (QED) is 0.732. The van der Waals surface area contributed by atoms with Gasteiger partial charge in [0.1, 0.15) is 5.75 Å². The molecule has 0 bridgehead atoms. The summed E-state index contributed by atoms with van der Waals surface area (Å²) in [5.74, 6) is -0.693. The summed E-state index contributed by atoms with van der Waals surface area (Å²) in [6.07, 6.45) is -0.131. The molecule has 1 heterocycles. The number of ether oxygens (including phenoxy) is 2. The minimum Gasteiger partial charge on any atom is -0.482 e. The fraction of sp³-hybridized carbons (Fsp3) is 0.500. The molecular weight excluding hydrogens is 324 g/mol. The van der Waals surface area contributed by atoms with Crippen LogP contribution < -0.4 is 9.46 Å². The number of carbonyl (C=O) groups is 1. The fourth-order valence-corrected chi connectivity index (χ4v) is 3.41. The van der Waals surface area contributed by atoms with Crippen molar-refractivity contribution in [2.45, 2.75) is 19.6 Å². The zero-order valence-corrected chi connectivity index (χ0v) is 13.6. The second kappa shape index (κ2) is 7.73. The van der Waals surface area contributed by atoms with Crippen LogP contribution in [0.15, 0.2) is 24.3 Å². The number of hydrogen-bond acceptors (Lipinski definition) is 5. The van der Waals surface area contributed by atoms with E-state index in [-0.39, 0.29) is 12.6 Å². The van der Waals surface area contributed by atoms with Gasteiger partial charge in [-0.15, -0.1) is 0 Å². The third-order valence-corrected chi connectivity index (χ3v) is 4.78. The van der Waals surface area contributed by atoms with Crippen LogP contribution in [0, 0.1) is 0 Å². The predicted molar refractivity (Wildman–Crippen MR) is 82.3 cm³/mol. The van der Waals surface area contributed by atoms with Crippen LogP contribution in [0.4, 0.5) is 0 Å². The van der Waals surface area contributed by atoms with Crippen LogP contribution in [0.1, 0.15) is 12.5 Å². The van der Waals surface area contributed by atoms with Crippen LogP contribution >= 0.6 is 0 Å². The maximum Gasteiger partial charge on any atom is 0.341 e. The summed E-state index contributed by atoms with van der Waals surface area (Å²) < 4.78 is 38.8. The molecule has 1 aliphatic rings. The van der Waals surface area contributed by atoms with Crippen molar-refractivity contribution in [3.8, 4) is 5.75 Å². The first-order valence-electron chi connectivity index (χ1n) is 7.17. The molecule has 128 valence electrons. The van der Waals surface area contributed by atoms with E-state index in [2.05, 4.69) is 4.72 Å². The number of carboxylic acid groups (broad SMARTS) is 1. The zero-order valence-electron chi connectivity index (χ0n) is 12.8.